The number of hydrogen-bond acceptors (Lipinski definition) is 2. The van der Waals surface area contributed by atoms with E-state index in [9.17, 15) is 0 Å². The summed E-state index contributed by atoms with van der Waals surface area (Å²) in [4.78, 5) is 0. The summed E-state index contributed by atoms with van der Waals surface area (Å²) >= 11 is 0. The van der Waals surface area contributed by atoms with Crippen LogP contribution < -0.4 is 5.32 Å². The Balaban J connectivity index is 1.69. The molecule has 3 atom stereocenters. The average molecular weight is 239 g/mol. The minimum absolute atomic E-state index is 0.515. The molecule has 0 aromatic rings. The van der Waals surface area contributed by atoms with Gasteiger partial charge in [0.05, 0.1) is 6.10 Å². The SMILES string of the molecule is CCC1OCCC1CNC(C)C1CCCCC1. The molecule has 1 N–H and O–H groups in total. The molecule has 1 heterocycles. The van der Waals surface area contributed by atoms with Crippen molar-refractivity contribution in [3.63, 3.8) is 0 Å². The largest absolute Gasteiger partial charge is 0.378 e. The van der Waals surface area contributed by atoms with E-state index in [1.54, 1.807) is 0 Å². The van der Waals surface area contributed by atoms with E-state index in [4.69, 9.17) is 4.74 Å². The van der Waals surface area contributed by atoms with Crippen molar-refractivity contribution in [3.8, 4) is 0 Å². The molecule has 17 heavy (non-hydrogen) atoms. The van der Waals surface area contributed by atoms with E-state index in [1.807, 2.05) is 0 Å². The van der Waals surface area contributed by atoms with Gasteiger partial charge in [0.1, 0.15) is 0 Å². The predicted octanol–water partition coefficient (Wildman–Crippen LogP) is 3.36. The number of hydrogen-bond donors (Lipinski definition) is 1. The lowest BCUT2D eigenvalue weighted by Gasteiger charge is -2.30. The van der Waals surface area contributed by atoms with Crippen LogP contribution in [0.15, 0.2) is 0 Å². The van der Waals surface area contributed by atoms with E-state index < -0.39 is 0 Å². The molecule has 0 aromatic heterocycles. The molecule has 2 heteroatoms. The van der Waals surface area contributed by atoms with Gasteiger partial charge in [-0.2, -0.15) is 0 Å². The first-order valence-corrected chi connectivity index (χ1v) is 7.66. The highest BCUT2D eigenvalue weighted by Crippen LogP contribution is 2.27. The molecule has 1 aliphatic heterocycles. The molecule has 0 bridgehead atoms. The summed E-state index contributed by atoms with van der Waals surface area (Å²) < 4.78 is 5.75. The molecular weight excluding hydrogens is 210 g/mol. The topological polar surface area (TPSA) is 21.3 Å². The average Bonchev–Trinajstić information content (AvgIpc) is 2.84. The summed E-state index contributed by atoms with van der Waals surface area (Å²) in [5.41, 5.74) is 0. The molecule has 2 fully saturated rings. The molecule has 0 amide bonds. The lowest BCUT2D eigenvalue weighted by Crippen LogP contribution is -2.39. The lowest BCUT2D eigenvalue weighted by atomic mass is 9.84. The van der Waals surface area contributed by atoms with Crippen molar-refractivity contribution >= 4 is 0 Å². The number of ether oxygens (including phenoxy) is 1. The molecule has 0 aromatic carbocycles. The van der Waals surface area contributed by atoms with Crippen LogP contribution in [0.3, 0.4) is 0 Å². The van der Waals surface area contributed by atoms with Crippen LogP contribution in [0.25, 0.3) is 0 Å². The molecule has 0 radical (unpaired) electrons. The fourth-order valence-corrected chi connectivity index (χ4v) is 3.52. The Bertz CT molecular complexity index is 213. The third kappa shape index (κ3) is 3.69. The maximum Gasteiger partial charge on any atom is 0.0613 e. The van der Waals surface area contributed by atoms with Gasteiger partial charge in [-0.1, -0.05) is 26.2 Å². The Morgan fingerprint density at radius 3 is 2.65 bits per heavy atom. The maximum absolute atomic E-state index is 5.75. The summed E-state index contributed by atoms with van der Waals surface area (Å²) in [7, 11) is 0. The number of nitrogens with one attached hydrogen (secondary N) is 1. The summed E-state index contributed by atoms with van der Waals surface area (Å²) in [6.45, 7) is 6.76. The third-order valence-corrected chi connectivity index (χ3v) is 4.81. The fraction of sp³-hybridized carbons (Fsp3) is 1.00. The van der Waals surface area contributed by atoms with Crippen molar-refractivity contribution in [2.45, 2.75) is 70.9 Å². The van der Waals surface area contributed by atoms with E-state index >= 15 is 0 Å². The van der Waals surface area contributed by atoms with E-state index in [0.717, 1.165) is 25.0 Å². The van der Waals surface area contributed by atoms with Gasteiger partial charge in [0.15, 0.2) is 0 Å². The normalized spacial score (nSPS) is 32.8. The highest BCUT2D eigenvalue weighted by atomic mass is 16.5. The van der Waals surface area contributed by atoms with Crippen LogP contribution in [-0.2, 0) is 4.74 Å². The van der Waals surface area contributed by atoms with Crippen LogP contribution in [0.4, 0.5) is 0 Å². The summed E-state index contributed by atoms with van der Waals surface area (Å²) in [5, 5.41) is 3.78. The van der Waals surface area contributed by atoms with Crippen LogP contribution in [-0.4, -0.2) is 25.3 Å². The van der Waals surface area contributed by atoms with E-state index in [-0.39, 0.29) is 0 Å². The standard InChI is InChI=1S/C15H29NO/c1-3-15-14(9-10-17-15)11-16-12(2)13-7-5-4-6-8-13/h12-16H,3-11H2,1-2H3. The van der Waals surface area contributed by atoms with Gasteiger partial charge in [-0.05, 0) is 44.4 Å². The molecule has 1 aliphatic carbocycles. The summed E-state index contributed by atoms with van der Waals surface area (Å²) in [5.74, 6) is 1.68. The van der Waals surface area contributed by atoms with Crippen molar-refractivity contribution in [3.05, 3.63) is 0 Å². The first-order chi connectivity index (χ1) is 8.31. The van der Waals surface area contributed by atoms with Crippen LogP contribution in [0.1, 0.15) is 58.8 Å². The summed E-state index contributed by atoms with van der Waals surface area (Å²) in [6, 6.07) is 0.702. The van der Waals surface area contributed by atoms with Gasteiger partial charge in [0.25, 0.3) is 0 Å². The second-order valence-corrected chi connectivity index (χ2v) is 5.96. The molecule has 3 unspecified atom stereocenters. The molecular formula is C15H29NO. The maximum atomic E-state index is 5.75. The van der Waals surface area contributed by atoms with Gasteiger partial charge in [-0.15, -0.1) is 0 Å². The monoisotopic (exact) mass is 239 g/mol. The predicted molar refractivity (Wildman–Crippen MR) is 72.2 cm³/mol. The molecule has 2 nitrogen and oxygen atoms in total. The zero-order valence-corrected chi connectivity index (χ0v) is 11.6. The fourth-order valence-electron chi connectivity index (χ4n) is 3.52. The zero-order chi connectivity index (χ0) is 12.1. The Hall–Kier alpha value is -0.0800. The van der Waals surface area contributed by atoms with Gasteiger partial charge < -0.3 is 10.1 Å². The van der Waals surface area contributed by atoms with Crippen LogP contribution in [0.5, 0.6) is 0 Å². The van der Waals surface area contributed by atoms with Crippen LogP contribution in [0, 0.1) is 11.8 Å². The minimum Gasteiger partial charge on any atom is -0.378 e. The van der Waals surface area contributed by atoms with Gasteiger partial charge in [-0.3, -0.25) is 0 Å². The molecule has 2 rings (SSSR count). The van der Waals surface area contributed by atoms with E-state index in [2.05, 4.69) is 19.2 Å². The molecule has 100 valence electrons. The Morgan fingerprint density at radius 2 is 1.94 bits per heavy atom. The van der Waals surface area contributed by atoms with Crippen molar-refractivity contribution in [2.75, 3.05) is 13.2 Å². The van der Waals surface area contributed by atoms with Gasteiger partial charge in [0, 0.05) is 19.2 Å². The molecule has 1 saturated carbocycles. The van der Waals surface area contributed by atoms with Crippen molar-refractivity contribution < 1.29 is 4.74 Å². The first-order valence-electron chi connectivity index (χ1n) is 7.66. The highest BCUT2D eigenvalue weighted by molar-refractivity contribution is 4.81. The number of rotatable bonds is 5. The quantitative estimate of drug-likeness (QED) is 0.794. The second-order valence-electron chi connectivity index (χ2n) is 5.96. The van der Waals surface area contributed by atoms with E-state index in [1.165, 1.54) is 44.9 Å². The van der Waals surface area contributed by atoms with Crippen molar-refractivity contribution in [2.24, 2.45) is 11.8 Å². The van der Waals surface area contributed by atoms with Crippen molar-refractivity contribution in [1.29, 1.82) is 0 Å². The van der Waals surface area contributed by atoms with Gasteiger partial charge >= 0.3 is 0 Å². The molecule has 0 spiro atoms. The van der Waals surface area contributed by atoms with Gasteiger partial charge in [0.2, 0.25) is 0 Å². The Morgan fingerprint density at radius 1 is 1.18 bits per heavy atom. The molecule has 1 saturated heterocycles. The van der Waals surface area contributed by atoms with Crippen LogP contribution >= 0.6 is 0 Å². The van der Waals surface area contributed by atoms with E-state index in [0.29, 0.717) is 12.1 Å². The lowest BCUT2D eigenvalue weighted by molar-refractivity contribution is 0.0858. The summed E-state index contributed by atoms with van der Waals surface area (Å²) in [6.07, 6.45) is 10.2. The third-order valence-electron chi connectivity index (χ3n) is 4.81. The second kappa shape index (κ2) is 6.75. The van der Waals surface area contributed by atoms with Crippen molar-refractivity contribution in [1.82, 2.24) is 5.32 Å². The first kappa shape index (κ1) is 13.4. The smallest absolute Gasteiger partial charge is 0.0613 e. The minimum atomic E-state index is 0.515. The highest BCUT2D eigenvalue weighted by Gasteiger charge is 2.27. The van der Waals surface area contributed by atoms with Gasteiger partial charge in [-0.25, -0.2) is 0 Å². The molecule has 2 aliphatic rings. The van der Waals surface area contributed by atoms with Crippen LogP contribution in [0.2, 0.25) is 0 Å². The zero-order valence-electron chi connectivity index (χ0n) is 11.6. The Labute approximate surface area is 107 Å². The Kier molecular flexibility index (Phi) is 5.30.